The Hall–Kier alpha value is -2.44. The van der Waals surface area contributed by atoms with Crippen LogP contribution >= 0.6 is 0 Å². The lowest BCUT2D eigenvalue weighted by Crippen LogP contribution is -2.41. The Kier molecular flexibility index (Phi) is 3.32. The molecule has 1 amide bonds. The van der Waals surface area contributed by atoms with E-state index in [9.17, 15) is 4.79 Å². The third-order valence-electron chi connectivity index (χ3n) is 2.99. The Labute approximate surface area is 116 Å². The molecule has 101 valence electrons. The molecule has 0 saturated heterocycles. The van der Waals surface area contributed by atoms with Gasteiger partial charge in [0.2, 0.25) is 6.67 Å². The summed E-state index contributed by atoms with van der Waals surface area (Å²) in [7, 11) is 1.59. The number of para-hydroxylation sites is 1. The highest BCUT2D eigenvalue weighted by molar-refractivity contribution is 6.10. The van der Waals surface area contributed by atoms with Crippen LogP contribution in [-0.2, 0) is 9.63 Å². The lowest BCUT2D eigenvalue weighted by atomic mass is 10.3. The van der Waals surface area contributed by atoms with Crippen molar-refractivity contribution in [3.63, 3.8) is 0 Å². The van der Waals surface area contributed by atoms with Crippen LogP contribution in [0, 0.1) is 0 Å². The van der Waals surface area contributed by atoms with E-state index < -0.39 is 0 Å². The fraction of sp³-hybridized carbons (Fsp3) is 0.143. The topological polar surface area (TPSA) is 59.8 Å². The van der Waals surface area contributed by atoms with Gasteiger partial charge in [-0.05, 0) is 12.1 Å². The molecular formula is C14H14N4O2+. The van der Waals surface area contributed by atoms with Crippen LogP contribution in [0.5, 0.6) is 0 Å². The minimum atomic E-state index is -0.226. The number of amides is 1. The SMILES string of the molecule is CON1C=CC2=NC(C(=O)Nc3ccccc3)=C[N+]2C1. The largest absolute Gasteiger partial charge is 0.320 e. The molecule has 6 nitrogen and oxygen atoms in total. The molecule has 0 aliphatic carbocycles. The standard InChI is InChI=1S/C14H14N4O2/c1-20-18-8-7-13-16-12(9-17(13)10-18)14(19)15-11-5-3-2-4-6-11/h2-9H,10H2,1H3,(H,15,19)/q+1. The second-order valence-corrected chi connectivity index (χ2v) is 4.33. The van der Waals surface area contributed by atoms with Crippen molar-refractivity contribution in [1.82, 2.24) is 9.96 Å². The van der Waals surface area contributed by atoms with Gasteiger partial charge in [-0.1, -0.05) is 23.1 Å². The molecule has 1 radical (unpaired) electrons. The Morgan fingerprint density at radius 1 is 1.40 bits per heavy atom. The zero-order chi connectivity index (χ0) is 13.9. The third-order valence-corrected chi connectivity index (χ3v) is 2.99. The zero-order valence-electron chi connectivity index (χ0n) is 11.0. The molecule has 2 aliphatic rings. The number of hydrogen-bond donors (Lipinski definition) is 1. The van der Waals surface area contributed by atoms with E-state index in [-0.39, 0.29) is 5.91 Å². The van der Waals surface area contributed by atoms with Gasteiger partial charge in [0, 0.05) is 18.0 Å². The average molecular weight is 270 g/mol. The average Bonchev–Trinajstić information content (AvgIpc) is 2.91. The van der Waals surface area contributed by atoms with E-state index in [1.165, 1.54) is 0 Å². The van der Waals surface area contributed by atoms with Gasteiger partial charge in [0.05, 0.1) is 7.11 Å². The van der Waals surface area contributed by atoms with E-state index >= 15 is 0 Å². The molecule has 0 atom stereocenters. The molecule has 2 aliphatic heterocycles. The first-order valence-electron chi connectivity index (χ1n) is 6.19. The molecule has 20 heavy (non-hydrogen) atoms. The molecule has 0 saturated carbocycles. The fourth-order valence-electron chi connectivity index (χ4n) is 1.97. The molecule has 1 aromatic rings. The Morgan fingerprint density at radius 3 is 2.95 bits per heavy atom. The number of rotatable bonds is 3. The molecule has 1 aromatic carbocycles. The van der Waals surface area contributed by atoms with Gasteiger partial charge in [-0.2, -0.15) is 4.99 Å². The quantitative estimate of drug-likeness (QED) is 0.844. The minimum Gasteiger partial charge on any atom is -0.320 e. The van der Waals surface area contributed by atoms with Crippen LogP contribution in [0.3, 0.4) is 0 Å². The number of hydroxylamine groups is 2. The van der Waals surface area contributed by atoms with E-state index in [1.54, 1.807) is 30.6 Å². The summed E-state index contributed by atoms with van der Waals surface area (Å²) in [4.78, 5) is 23.4. The van der Waals surface area contributed by atoms with Crippen LogP contribution in [0.2, 0.25) is 0 Å². The lowest BCUT2D eigenvalue weighted by Gasteiger charge is -2.18. The van der Waals surface area contributed by atoms with Gasteiger partial charge in [-0.25, -0.2) is 5.06 Å². The number of nitrogens with one attached hydrogen (secondary N) is 1. The van der Waals surface area contributed by atoms with Gasteiger partial charge >= 0.3 is 0 Å². The second-order valence-electron chi connectivity index (χ2n) is 4.33. The van der Waals surface area contributed by atoms with Gasteiger partial charge in [0.1, 0.15) is 0 Å². The summed E-state index contributed by atoms with van der Waals surface area (Å²) in [5.74, 6) is 0.506. The summed E-state index contributed by atoms with van der Waals surface area (Å²) in [6.45, 7) is 0.508. The summed E-state index contributed by atoms with van der Waals surface area (Å²) in [6.07, 6.45) is 5.29. The number of anilines is 1. The van der Waals surface area contributed by atoms with Crippen LogP contribution in [0.15, 0.2) is 59.5 Å². The van der Waals surface area contributed by atoms with E-state index in [4.69, 9.17) is 4.84 Å². The molecule has 0 unspecified atom stereocenters. The Balaban J connectivity index is 1.72. The molecule has 0 aromatic heterocycles. The highest BCUT2D eigenvalue weighted by Gasteiger charge is 2.34. The first kappa shape index (κ1) is 12.6. The molecule has 1 N–H and O–H groups in total. The number of amidine groups is 1. The van der Waals surface area contributed by atoms with Crippen molar-refractivity contribution in [2.24, 2.45) is 4.99 Å². The van der Waals surface area contributed by atoms with Crippen molar-refractivity contribution < 1.29 is 9.63 Å². The van der Waals surface area contributed by atoms with Crippen molar-refractivity contribution in [2.45, 2.75) is 0 Å². The molecule has 0 spiro atoms. The van der Waals surface area contributed by atoms with Crippen LogP contribution in [0.25, 0.3) is 0 Å². The minimum absolute atomic E-state index is 0.226. The van der Waals surface area contributed by atoms with E-state index in [1.807, 2.05) is 35.2 Å². The van der Waals surface area contributed by atoms with Crippen molar-refractivity contribution in [2.75, 3.05) is 19.1 Å². The number of nitrogens with zero attached hydrogens (tertiary/aromatic N) is 3. The smallest absolute Gasteiger partial charge is 0.285 e. The first-order chi connectivity index (χ1) is 9.76. The number of carbonyl (C=O) groups is 1. The van der Waals surface area contributed by atoms with Crippen LogP contribution < -0.4 is 10.2 Å². The van der Waals surface area contributed by atoms with Crippen molar-refractivity contribution in [1.29, 1.82) is 0 Å². The zero-order valence-corrected chi connectivity index (χ0v) is 11.0. The maximum absolute atomic E-state index is 12.1. The van der Waals surface area contributed by atoms with E-state index in [2.05, 4.69) is 10.3 Å². The molecule has 2 heterocycles. The molecule has 0 fully saturated rings. The van der Waals surface area contributed by atoms with Gasteiger partial charge in [-0.15, -0.1) is 0 Å². The number of hydrogen-bond acceptors (Lipinski definition) is 5. The number of fused-ring (bicyclic) bond motifs is 1. The summed E-state index contributed by atoms with van der Waals surface area (Å²) >= 11 is 0. The summed E-state index contributed by atoms with van der Waals surface area (Å²) in [6, 6.07) is 9.30. The highest BCUT2D eigenvalue weighted by atomic mass is 16.7. The van der Waals surface area contributed by atoms with E-state index in [0.717, 1.165) is 11.5 Å². The molecular weight excluding hydrogens is 256 g/mol. The van der Waals surface area contributed by atoms with Gasteiger partial charge in [0.25, 0.3) is 11.7 Å². The number of benzene rings is 1. The van der Waals surface area contributed by atoms with Crippen molar-refractivity contribution in [3.05, 3.63) is 54.5 Å². The maximum Gasteiger partial charge on any atom is 0.285 e. The highest BCUT2D eigenvalue weighted by Crippen LogP contribution is 2.17. The first-order valence-corrected chi connectivity index (χ1v) is 6.19. The van der Waals surface area contributed by atoms with Crippen molar-refractivity contribution >= 4 is 17.4 Å². The van der Waals surface area contributed by atoms with Crippen LogP contribution in [0.1, 0.15) is 0 Å². The monoisotopic (exact) mass is 270 g/mol. The molecule has 6 heteroatoms. The van der Waals surface area contributed by atoms with Gasteiger partial charge in [-0.3, -0.25) is 9.63 Å². The van der Waals surface area contributed by atoms with Crippen LogP contribution in [-0.4, -0.2) is 30.6 Å². The van der Waals surface area contributed by atoms with Gasteiger partial charge < -0.3 is 5.32 Å². The predicted octanol–water partition coefficient (Wildman–Crippen LogP) is 1.37. The molecule has 3 rings (SSSR count). The normalized spacial score (nSPS) is 17.6. The Morgan fingerprint density at radius 2 is 2.20 bits per heavy atom. The number of aliphatic imine (C=N–C) groups is 1. The predicted molar refractivity (Wildman–Crippen MR) is 75.6 cm³/mol. The van der Waals surface area contributed by atoms with Crippen LogP contribution in [0.4, 0.5) is 5.69 Å². The summed E-state index contributed by atoms with van der Waals surface area (Å²) in [5.41, 5.74) is 1.13. The summed E-state index contributed by atoms with van der Waals surface area (Å²) < 4.78 is 0. The third kappa shape index (κ3) is 2.47. The Bertz CT molecular complexity index is 607. The maximum atomic E-state index is 12.1. The van der Waals surface area contributed by atoms with Crippen molar-refractivity contribution in [3.8, 4) is 0 Å². The number of carbonyl (C=O) groups excluding carboxylic acids is 1. The van der Waals surface area contributed by atoms with Gasteiger partial charge in [0.15, 0.2) is 11.9 Å². The second kappa shape index (κ2) is 5.28. The fourth-order valence-corrected chi connectivity index (χ4v) is 1.97. The van der Waals surface area contributed by atoms with E-state index in [0.29, 0.717) is 12.4 Å². The molecule has 0 bridgehead atoms. The lowest BCUT2D eigenvalue weighted by molar-refractivity contribution is -0.112. The summed E-state index contributed by atoms with van der Waals surface area (Å²) in [5, 5.41) is 4.46.